The number of imidazole rings is 1. The molecule has 19 heavy (non-hydrogen) atoms. The molecule has 0 aliphatic carbocycles. The van der Waals surface area contributed by atoms with E-state index in [0.717, 1.165) is 29.7 Å². The van der Waals surface area contributed by atoms with E-state index in [1.807, 2.05) is 31.2 Å². The topological polar surface area (TPSA) is 42.2 Å². The molecule has 0 bridgehead atoms. The maximum absolute atomic E-state index is 4.68. The number of hydrogen-bond donors (Lipinski definition) is 1. The van der Waals surface area contributed by atoms with Crippen molar-refractivity contribution in [2.45, 2.75) is 39.7 Å². The van der Waals surface area contributed by atoms with E-state index in [4.69, 9.17) is 0 Å². The molecule has 2 rings (SSSR count). The van der Waals surface area contributed by atoms with Crippen molar-refractivity contribution < 1.29 is 0 Å². The molecule has 1 aromatic heterocycles. The van der Waals surface area contributed by atoms with Gasteiger partial charge in [0.05, 0.1) is 0 Å². The molecule has 5 heteroatoms. The van der Waals surface area contributed by atoms with E-state index in [-0.39, 0.29) is 0 Å². The second-order valence-corrected chi connectivity index (χ2v) is 7.17. The molecule has 2 heterocycles. The maximum Gasteiger partial charge on any atom is 0.156 e. The summed E-state index contributed by atoms with van der Waals surface area (Å²) in [6, 6.07) is 0.528. The standard InChI is InChI=1S/C14H24N4S/c1-14(2,3)11-6-10-19-13(17-11)16-7-5-12-15-8-9-18(12)4/h8-9,11H,5-7,10H2,1-4H3,(H,16,17). The summed E-state index contributed by atoms with van der Waals surface area (Å²) in [4.78, 5) is 9.00. The van der Waals surface area contributed by atoms with Crippen molar-refractivity contribution in [1.82, 2.24) is 14.9 Å². The molecule has 106 valence electrons. The summed E-state index contributed by atoms with van der Waals surface area (Å²) in [6.07, 6.45) is 5.93. The zero-order valence-corrected chi connectivity index (χ0v) is 13.1. The molecule has 0 saturated carbocycles. The molecule has 1 atom stereocenters. The highest BCUT2D eigenvalue weighted by atomic mass is 32.2. The second kappa shape index (κ2) is 5.99. The fraction of sp³-hybridized carbons (Fsp3) is 0.714. The molecule has 1 aliphatic rings. The van der Waals surface area contributed by atoms with E-state index >= 15 is 0 Å². The minimum absolute atomic E-state index is 0.293. The van der Waals surface area contributed by atoms with Gasteiger partial charge in [0, 0.05) is 44.2 Å². The number of thioether (sulfide) groups is 1. The Morgan fingerprint density at radius 2 is 2.32 bits per heavy atom. The summed E-state index contributed by atoms with van der Waals surface area (Å²) in [5.41, 5.74) is 0.293. The molecule has 1 aromatic rings. The quantitative estimate of drug-likeness (QED) is 0.925. The first kappa shape index (κ1) is 14.4. The molecule has 1 aliphatic heterocycles. The van der Waals surface area contributed by atoms with Crippen LogP contribution in [0.2, 0.25) is 0 Å². The summed E-state index contributed by atoms with van der Waals surface area (Å²) in [7, 11) is 2.03. The van der Waals surface area contributed by atoms with Gasteiger partial charge >= 0.3 is 0 Å². The zero-order valence-electron chi connectivity index (χ0n) is 12.3. The van der Waals surface area contributed by atoms with Crippen LogP contribution in [0, 0.1) is 5.41 Å². The summed E-state index contributed by atoms with van der Waals surface area (Å²) >= 11 is 1.84. The van der Waals surface area contributed by atoms with Gasteiger partial charge in [0.15, 0.2) is 5.17 Å². The Morgan fingerprint density at radius 1 is 1.53 bits per heavy atom. The number of nitrogens with one attached hydrogen (secondary N) is 1. The Hall–Kier alpha value is -0.970. The van der Waals surface area contributed by atoms with Crippen molar-refractivity contribution in [3.8, 4) is 0 Å². The van der Waals surface area contributed by atoms with Crippen molar-refractivity contribution in [2.24, 2.45) is 17.5 Å². The van der Waals surface area contributed by atoms with Crippen LogP contribution in [0.15, 0.2) is 17.4 Å². The summed E-state index contributed by atoms with van der Waals surface area (Å²) < 4.78 is 2.06. The minimum atomic E-state index is 0.293. The first-order valence-electron chi connectivity index (χ1n) is 6.87. The van der Waals surface area contributed by atoms with Crippen LogP contribution in [0.4, 0.5) is 0 Å². The predicted octanol–water partition coefficient (Wildman–Crippen LogP) is 2.46. The third-order valence-electron chi connectivity index (χ3n) is 3.50. The Kier molecular flexibility index (Phi) is 4.55. The Bertz CT molecular complexity index is 445. The second-order valence-electron chi connectivity index (χ2n) is 6.09. The SMILES string of the molecule is Cn1ccnc1CCN=C1NC(C(C)(C)C)CCS1. The molecule has 1 saturated heterocycles. The highest BCUT2D eigenvalue weighted by Gasteiger charge is 2.28. The average Bonchev–Trinajstić information content (AvgIpc) is 2.75. The highest BCUT2D eigenvalue weighted by Crippen LogP contribution is 2.27. The van der Waals surface area contributed by atoms with Crippen LogP contribution in [0.3, 0.4) is 0 Å². The number of nitrogens with zero attached hydrogens (tertiary/aromatic N) is 3. The molecule has 0 spiro atoms. The lowest BCUT2D eigenvalue weighted by Gasteiger charge is -2.35. The van der Waals surface area contributed by atoms with Crippen LogP contribution in [0.5, 0.6) is 0 Å². The Morgan fingerprint density at radius 3 is 2.95 bits per heavy atom. The van der Waals surface area contributed by atoms with E-state index in [9.17, 15) is 0 Å². The van der Waals surface area contributed by atoms with Crippen LogP contribution in [0.1, 0.15) is 33.0 Å². The van der Waals surface area contributed by atoms with Crippen LogP contribution < -0.4 is 5.32 Å². The van der Waals surface area contributed by atoms with Gasteiger partial charge in [-0.25, -0.2) is 4.98 Å². The van der Waals surface area contributed by atoms with Crippen molar-refractivity contribution >= 4 is 16.9 Å². The number of aliphatic imine (C=N–C) groups is 1. The molecular formula is C14H24N4S. The van der Waals surface area contributed by atoms with Gasteiger partial charge in [0.2, 0.25) is 0 Å². The van der Waals surface area contributed by atoms with Crippen molar-refractivity contribution in [1.29, 1.82) is 0 Å². The lowest BCUT2D eigenvalue weighted by molar-refractivity contribution is 0.290. The number of hydrogen-bond acceptors (Lipinski definition) is 3. The zero-order chi connectivity index (χ0) is 13.9. The summed E-state index contributed by atoms with van der Waals surface area (Å²) in [5, 5.41) is 4.67. The number of aryl methyl sites for hydroxylation is 1. The van der Waals surface area contributed by atoms with Gasteiger partial charge in [-0.05, 0) is 11.8 Å². The predicted molar refractivity (Wildman–Crippen MR) is 82.7 cm³/mol. The van der Waals surface area contributed by atoms with Crippen molar-refractivity contribution in [3.05, 3.63) is 18.2 Å². The third kappa shape index (κ3) is 4.00. The highest BCUT2D eigenvalue weighted by molar-refractivity contribution is 8.13. The lowest BCUT2D eigenvalue weighted by Crippen LogP contribution is -2.46. The number of amidine groups is 1. The molecule has 4 nitrogen and oxygen atoms in total. The van der Waals surface area contributed by atoms with Gasteiger partial charge in [-0.1, -0.05) is 32.5 Å². The Balaban J connectivity index is 1.87. The van der Waals surface area contributed by atoms with Gasteiger partial charge in [-0.2, -0.15) is 0 Å². The molecule has 0 aromatic carbocycles. The largest absolute Gasteiger partial charge is 0.362 e. The van der Waals surface area contributed by atoms with Crippen LogP contribution in [-0.4, -0.2) is 33.1 Å². The van der Waals surface area contributed by atoms with Crippen molar-refractivity contribution in [2.75, 3.05) is 12.3 Å². The van der Waals surface area contributed by atoms with Gasteiger partial charge in [-0.3, -0.25) is 4.99 Å². The Labute approximate surface area is 120 Å². The van der Waals surface area contributed by atoms with Gasteiger partial charge in [0.25, 0.3) is 0 Å². The van der Waals surface area contributed by atoms with Crippen LogP contribution in [0.25, 0.3) is 0 Å². The molecule has 1 N–H and O–H groups in total. The minimum Gasteiger partial charge on any atom is -0.362 e. The van der Waals surface area contributed by atoms with Gasteiger partial charge in [-0.15, -0.1) is 0 Å². The smallest absolute Gasteiger partial charge is 0.156 e. The van der Waals surface area contributed by atoms with E-state index in [0.29, 0.717) is 11.5 Å². The van der Waals surface area contributed by atoms with E-state index < -0.39 is 0 Å². The van der Waals surface area contributed by atoms with Gasteiger partial charge in [0.1, 0.15) is 5.82 Å². The molecular weight excluding hydrogens is 256 g/mol. The third-order valence-corrected chi connectivity index (χ3v) is 4.46. The summed E-state index contributed by atoms with van der Waals surface area (Å²) in [5.74, 6) is 2.26. The monoisotopic (exact) mass is 280 g/mol. The summed E-state index contributed by atoms with van der Waals surface area (Å²) in [6.45, 7) is 7.65. The fourth-order valence-electron chi connectivity index (χ4n) is 2.17. The lowest BCUT2D eigenvalue weighted by atomic mass is 9.85. The molecule has 0 amide bonds. The fourth-order valence-corrected chi connectivity index (χ4v) is 3.13. The first-order chi connectivity index (χ1) is 8.97. The van der Waals surface area contributed by atoms with Crippen LogP contribution >= 0.6 is 11.8 Å². The average molecular weight is 280 g/mol. The maximum atomic E-state index is 4.68. The van der Waals surface area contributed by atoms with E-state index in [1.54, 1.807) is 0 Å². The van der Waals surface area contributed by atoms with Crippen LogP contribution in [-0.2, 0) is 13.5 Å². The van der Waals surface area contributed by atoms with E-state index in [1.165, 1.54) is 6.42 Å². The number of aromatic nitrogens is 2. The van der Waals surface area contributed by atoms with Gasteiger partial charge < -0.3 is 9.88 Å². The normalized spacial score (nSPS) is 22.5. The number of rotatable bonds is 3. The molecule has 1 fully saturated rings. The molecule has 1 unspecified atom stereocenters. The molecule has 0 radical (unpaired) electrons. The van der Waals surface area contributed by atoms with E-state index in [2.05, 4.69) is 40.6 Å². The first-order valence-corrected chi connectivity index (χ1v) is 7.85. The van der Waals surface area contributed by atoms with Crippen molar-refractivity contribution in [3.63, 3.8) is 0 Å².